The highest BCUT2D eigenvalue weighted by Crippen LogP contribution is 2.22. The SMILES string of the molecule is CCNC(=O)C(CC)N(Cc1ccc(C)cc1)C(=O)CN(c1ccc(F)cc1)S(=O)(=O)N(C)C. The zero-order chi connectivity index (χ0) is 25.5. The summed E-state index contributed by atoms with van der Waals surface area (Å²) in [5.41, 5.74) is 2.01. The number of hydrogen-bond donors (Lipinski definition) is 1. The van der Waals surface area contributed by atoms with Gasteiger partial charge in [0.1, 0.15) is 18.4 Å². The van der Waals surface area contributed by atoms with E-state index in [0.717, 1.165) is 31.9 Å². The highest BCUT2D eigenvalue weighted by molar-refractivity contribution is 7.90. The smallest absolute Gasteiger partial charge is 0.304 e. The van der Waals surface area contributed by atoms with E-state index >= 15 is 0 Å². The van der Waals surface area contributed by atoms with Crippen LogP contribution in [0.4, 0.5) is 10.1 Å². The van der Waals surface area contributed by atoms with Gasteiger partial charge >= 0.3 is 10.2 Å². The van der Waals surface area contributed by atoms with Crippen molar-refractivity contribution in [3.63, 3.8) is 0 Å². The third-order valence-corrected chi connectivity index (χ3v) is 7.16. The van der Waals surface area contributed by atoms with E-state index in [9.17, 15) is 22.4 Å². The first-order valence-corrected chi connectivity index (χ1v) is 12.5. The van der Waals surface area contributed by atoms with Crippen LogP contribution in [0.3, 0.4) is 0 Å². The van der Waals surface area contributed by atoms with Gasteiger partial charge in [-0.15, -0.1) is 0 Å². The number of carbonyl (C=O) groups is 2. The van der Waals surface area contributed by atoms with Crippen molar-refractivity contribution in [1.82, 2.24) is 14.5 Å². The van der Waals surface area contributed by atoms with E-state index in [1.54, 1.807) is 13.8 Å². The Morgan fingerprint density at radius 3 is 2.09 bits per heavy atom. The third-order valence-electron chi connectivity index (χ3n) is 5.34. The molecule has 0 saturated carbocycles. The van der Waals surface area contributed by atoms with Crippen molar-refractivity contribution in [2.45, 2.75) is 39.8 Å². The van der Waals surface area contributed by atoms with Crippen LogP contribution in [0.5, 0.6) is 0 Å². The molecule has 0 aliphatic rings. The lowest BCUT2D eigenvalue weighted by molar-refractivity contribution is -0.140. The van der Waals surface area contributed by atoms with Crippen LogP contribution in [0.1, 0.15) is 31.4 Å². The molecule has 0 bridgehead atoms. The minimum absolute atomic E-state index is 0.133. The van der Waals surface area contributed by atoms with E-state index in [1.807, 2.05) is 31.2 Å². The summed E-state index contributed by atoms with van der Waals surface area (Å²) in [6.45, 7) is 5.52. The van der Waals surface area contributed by atoms with Gasteiger partial charge in [-0.2, -0.15) is 12.7 Å². The fourth-order valence-corrected chi connectivity index (χ4v) is 4.48. The first kappa shape index (κ1) is 27.3. The minimum atomic E-state index is -4.08. The van der Waals surface area contributed by atoms with Gasteiger partial charge in [-0.05, 0) is 50.1 Å². The van der Waals surface area contributed by atoms with Crippen LogP contribution in [-0.2, 0) is 26.3 Å². The molecule has 1 unspecified atom stereocenters. The lowest BCUT2D eigenvalue weighted by Gasteiger charge is -2.33. The predicted molar refractivity (Wildman–Crippen MR) is 131 cm³/mol. The van der Waals surface area contributed by atoms with Gasteiger partial charge in [-0.1, -0.05) is 36.8 Å². The Labute approximate surface area is 201 Å². The second-order valence-corrected chi connectivity index (χ2v) is 10.2. The average molecular weight is 493 g/mol. The largest absolute Gasteiger partial charge is 0.355 e. The van der Waals surface area contributed by atoms with E-state index < -0.39 is 34.5 Å². The zero-order valence-corrected chi connectivity index (χ0v) is 21.1. The van der Waals surface area contributed by atoms with Gasteiger partial charge in [0.05, 0.1) is 5.69 Å². The van der Waals surface area contributed by atoms with Crippen molar-refractivity contribution in [2.75, 3.05) is 31.5 Å². The molecule has 8 nitrogen and oxygen atoms in total. The summed E-state index contributed by atoms with van der Waals surface area (Å²) in [5.74, 6) is -1.39. The number of likely N-dealkylation sites (N-methyl/N-ethyl adjacent to an activating group) is 1. The Morgan fingerprint density at radius 1 is 1.00 bits per heavy atom. The van der Waals surface area contributed by atoms with Gasteiger partial charge < -0.3 is 10.2 Å². The number of carbonyl (C=O) groups excluding carboxylic acids is 2. The van der Waals surface area contributed by atoms with E-state index in [2.05, 4.69) is 5.32 Å². The maximum Gasteiger partial charge on any atom is 0.304 e. The Kier molecular flexibility index (Phi) is 9.57. The molecule has 34 heavy (non-hydrogen) atoms. The molecule has 0 fully saturated rings. The van der Waals surface area contributed by atoms with E-state index in [0.29, 0.717) is 13.0 Å². The van der Waals surface area contributed by atoms with Crippen LogP contribution >= 0.6 is 0 Å². The molecule has 2 aromatic rings. The van der Waals surface area contributed by atoms with Crippen molar-refractivity contribution in [2.24, 2.45) is 0 Å². The van der Waals surface area contributed by atoms with Crippen molar-refractivity contribution >= 4 is 27.7 Å². The van der Waals surface area contributed by atoms with E-state index in [-0.39, 0.29) is 18.1 Å². The molecule has 0 aromatic heterocycles. The summed E-state index contributed by atoms with van der Waals surface area (Å²) < 4.78 is 41.5. The van der Waals surface area contributed by atoms with Crippen LogP contribution in [-0.4, -0.2) is 62.7 Å². The molecule has 1 atom stereocenters. The van der Waals surface area contributed by atoms with Crippen molar-refractivity contribution in [1.29, 1.82) is 0 Å². The van der Waals surface area contributed by atoms with Gasteiger partial charge in [0.2, 0.25) is 11.8 Å². The number of anilines is 1. The fraction of sp³-hybridized carbons (Fsp3) is 0.417. The maximum absolute atomic E-state index is 13.6. The van der Waals surface area contributed by atoms with Gasteiger partial charge in [0, 0.05) is 27.2 Å². The molecule has 0 saturated heterocycles. The number of halogens is 1. The molecule has 0 aliphatic carbocycles. The molecule has 0 heterocycles. The van der Waals surface area contributed by atoms with Crippen molar-refractivity contribution in [3.8, 4) is 0 Å². The van der Waals surface area contributed by atoms with Gasteiger partial charge in [-0.3, -0.25) is 9.59 Å². The second kappa shape index (κ2) is 11.9. The Bertz CT molecular complexity index is 1070. The molecule has 2 amide bonds. The van der Waals surface area contributed by atoms with E-state index in [1.165, 1.54) is 31.1 Å². The van der Waals surface area contributed by atoms with Crippen molar-refractivity contribution < 1.29 is 22.4 Å². The van der Waals surface area contributed by atoms with E-state index in [4.69, 9.17) is 0 Å². The summed E-state index contributed by atoms with van der Waals surface area (Å²) in [5, 5.41) is 2.75. The molecule has 2 aromatic carbocycles. The lowest BCUT2D eigenvalue weighted by atomic mass is 10.1. The summed E-state index contributed by atoms with van der Waals surface area (Å²) in [6.07, 6.45) is 0.348. The molecule has 2 rings (SSSR count). The molecule has 1 N–H and O–H groups in total. The van der Waals surface area contributed by atoms with Gasteiger partial charge in [0.25, 0.3) is 0 Å². The van der Waals surface area contributed by atoms with Crippen LogP contribution in [0.25, 0.3) is 0 Å². The van der Waals surface area contributed by atoms with Crippen LogP contribution in [0.2, 0.25) is 0 Å². The Balaban J connectivity index is 2.47. The number of rotatable bonds is 11. The normalized spacial score (nSPS) is 12.3. The quantitative estimate of drug-likeness (QED) is 0.522. The number of nitrogens with one attached hydrogen (secondary N) is 1. The van der Waals surface area contributed by atoms with Crippen LogP contribution < -0.4 is 9.62 Å². The molecular formula is C24H33FN4O4S. The highest BCUT2D eigenvalue weighted by Gasteiger charge is 2.33. The molecule has 186 valence electrons. The average Bonchev–Trinajstić information content (AvgIpc) is 2.79. The second-order valence-electron chi connectivity index (χ2n) is 8.10. The molecule has 0 spiro atoms. The number of nitrogens with zero attached hydrogens (tertiary/aromatic N) is 3. The topological polar surface area (TPSA) is 90.0 Å². The van der Waals surface area contributed by atoms with Gasteiger partial charge in [0.15, 0.2) is 0 Å². The highest BCUT2D eigenvalue weighted by atomic mass is 32.2. The number of aryl methyl sites for hydroxylation is 1. The maximum atomic E-state index is 13.6. The molecular weight excluding hydrogens is 459 g/mol. The Hall–Kier alpha value is -2.98. The van der Waals surface area contributed by atoms with Crippen molar-refractivity contribution in [3.05, 3.63) is 65.5 Å². The monoisotopic (exact) mass is 492 g/mol. The summed E-state index contributed by atoms with van der Waals surface area (Å²) in [6, 6.07) is 11.6. The Morgan fingerprint density at radius 2 is 1.59 bits per heavy atom. The number of hydrogen-bond acceptors (Lipinski definition) is 4. The summed E-state index contributed by atoms with van der Waals surface area (Å²) in [4.78, 5) is 27.8. The third kappa shape index (κ3) is 6.77. The number of amides is 2. The fourth-order valence-electron chi connectivity index (χ4n) is 3.43. The first-order valence-electron chi connectivity index (χ1n) is 11.1. The minimum Gasteiger partial charge on any atom is -0.355 e. The zero-order valence-electron chi connectivity index (χ0n) is 20.3. The van der Waals surface area contributed by atoms with Crippen LogP contribution in [0, 0.1) is 12.7 Å². The predicted octanol–water partition coefficient (Wildman–Crippen LogP) is 2.69. The lowest BCUT2D eigenvalue weighted by Crippen LogP contribution is -2.53. The number of benzene rings is 2. The first-order chi connectivity index (χ1) is 16.0. The van der Waals surface area contributed by atoms with Crippen LogP contribution in [0.15, 0.2) is 48.5 Å². The van der Waals surface area contributed by atoms with Gasteiger partial charge in [-0.25, -0.2) is 8.70 Å². The molecule has 0 radical (unpaired) electrons. The molecule has 0 aliphatic heterocycles. The summed E-state index contributed by atoms with van der Waals surface area (Å²) >= 11 is 0. The molecule has 10 heteroatoms. The summed E-state index contributed by atoms with van der Waals surface area (Å²) in [7, 11) is -1.38. The standard InChI is InChI=1S/C24H33FN4O4S/c1-6-22(24(31)26-7-2)28(16-19-10-8-18(3)9-11-19)23(30)17-29(34(32,33)27(4)5)21-14-12-20(25)13-15-21/h8-15,22H,6-7,16-17H2,1-5H3,(H,26,31).